The van der Waals surface area contributed by atoms with Crippen molar-refractivity contribution in [1.82, 2.24) is 15.3 Å². The summed E-state index contributed by atoms with van der Waals surface area (Å²) in [4.78, 5) is 8.34. The first-order valence-electron chi connectivity index (χ1n) is 6.57. The Balaban J connectivity index is 1.91. The van der Waals surface area contributed by atoms with Crippen LogP contribution in [0.25, 0.3) is 0 Å². The van der Waals surface area contributed by atoms with Crippen LogP contribution in [-0.4, -0.2) is 16.5 Å². The van der Waals surface area contributed by atoms with E-state index in [2.05, 4.69) is 45.1 Å². The first kappa shape index (κ1) is 14.9. The van der Waals surface area contributed by atoms with Gasteiger partial charge in [-0.2, -0.15) is 0 Å². The van der Waals surface area contributed by atoms with E-state index in [-0.39, 0.29) is 0 Å². The van der Waals surface area contributed by atoms with Gasteiger partial charge in [0.05, 0.1) is 6.20 Å². The van der Waals surface area contributed by atoms with E-state index in [0.717, 1.165) is 23.1 Å². The van der Waals surface area contributed by atoms with E-state index in [9.17, 15) is 0 Å². The highest BCUT2D eigenvalue weighted by Crippen LogP contribution is 2.21. The van der Waals surface area contributed by atoms with Crippen molar-refractivity contribution in [2.45, 2.75) is 20.4 Å². The number of nitrogens with zero attached hydrogens (tertiary/aromatic N) is 2. The number of pyridine rings is 2. The average Bonchev–Trinajstić information content (AvgIpc) is 2.40. The summed E-state index contributed by atoms with van der Waals surface area (Å²) in [5, 5.41) is 3.38. The maximum Gasteiger partial charge on any atom is 0.219 e. The van der Waals surface area contributed by atoms with E-state index in [1.54, 1.807) is 12.4 Å². The van der Waals surface area contributed by atoms with Crippen molar-refractivity contribution in [3.63, 3.8) is 0 Å². The molecule has 4 nitrogen and oxygen atoms in total. The van der Waals surface area contributed by atoms with Crippen molar-refractivity contribution in [2.75, 3.05) is 6.54 Å². The predicted octanol–water partition coefficient (Wildman–Crippen LogP) is 3.78. The molecule has 106 valence electrons. The summed E-state index contributed by atoms with van der Waals surface area (Å²) in [6, 6.07) is 5.74. The summed E-state index contributed by atoms with van der Waals surface area (Å²) in [6.07, 6.45) is 5.20. The van der Waals surface area contributed by atoms with Crippen LogP contribution in [0.5, 0.6) is 11.6 Å². The number of hydrogen-bond donors (Lipinski definition) is 1. The Hall–Kier alpha value is -1.46. The van der Waals surface area contributed by atoms with Gasteiger partial charge in [0.2, 0.25) is 5.88 Å². The molecule has 5 heteroatoms. The Morgan fingerprint density at radius 3 is 2.75 bits per heavy atom. The van der Waals surface area contributed by atoms with Crippen molar-refractivity contribution in [2.24, 2.45) is 5.92 Å². The largest absolute Gasteiger partial charge is 0.437 e. The lowest BCUT2D eigenvalue weighted by Crippen LogP contribution is -2.18. The molecule has 2 aromatic heterocycles. The molecule has 0 radical (unpaired) electrons. The van der Waals surface area contributed by atoms with Gasteiger partial charge in [-0.3, -0.25) is 4.98 Å². The summed E-state index contributed by atoms with van der Waals surface area (Å²) in [5.74, 6) is 1.88. The fourth-order valence-corrected chi connectivity index (χ4v) is 1.99. The van der Waals surface area contributed by atoms with Gasteiger partial charge in [0.15, 0.2) is 0 Å². The number of nitrogens with one attached hydrogen (secondary N) is 1. The van der Waals surface area contributed by atoms with E-state index in [4.69, 9.17) is 4.74 Å². The van der Waals surface area contributed by atoms with Gasteiger partial charge < -0.3 is 10.1 Å². The van der Waals surface area contributed by atoms with Crippen LogP contribution in [0.2, 0.25) is 0 Å². The molecule has 0 spiro atoms. The SMILES string of the molecule is CC(C)CNCc1ccc(Oc2cncc(Br)c2)nc1. The fourth-order valence-electron chi connectivity index (χ4n) is 1.65. The fraction of sp³-hybridized carbons (Fsp3) is 0.333. The van der Waals surface area contributed by atoms with Crippen molar-refractivity contribution < 1.29 is 4.74 Å². The summed E-state index contributed by atoms with van der Waals surface area (Å²) in [7, 11) is 0. The molecule has 0 aliphatic rings. The number of halogens is 1. The van der Waals surface area contributed by atoms with Crippen LogP contribution in [-0.2, 0) is 6.54 Å². The zero-order valence-electron chi connectivity index (χ0n) is 11.6. The van der Waals surface area contributed by atoms with Crippen LogP contribution in [0.15, 0.2) is 41.3 Å². The Morgan fingerprint density at radius 2 is 2.10 bits per heavy atom. The number of rotatable bonds is 6. The van der Waals surface area contributed by atoms with E-state index >= 15 is 0 Å². The molecule has 1 N–H and O–H groups in total. The first-order chi connectivity index (χ1) is 9.63. The highest BCUT2D eigenvalue weighted by Gasteiger charge is 2.01. The molecule has 0 saturated carbocycles. The summed E-state index contributed by atoms with van der Waals surface area (Å²) in [5.41, 5.74) is 1.14. The number of aromatic nitrogens is 2. The van der Waals surface area contributed by atoms with Gasteiger partial charge in [-0.05, 0) is 40.0 Å². The molecule has 0 aliphatic carbocycles. The topological polar surface area (TPSA) is 47.0 Å². The molecule has 0 aliphatic heterocycles. The lowest BCUT2D eigenvalue weighted by Gasteiger charge is -2.08. The van der Waals surface area contributed by atoms with E-state index in [1.165, 1.54) is 0 Å². The molecule has 0 saturated heterocycles. The molecule has 2 heterocycles. The molecule has 0 amide bonds. The van der Waals surface area contributed by atoms with Crippen molar-refractivity contribution in [3.8, 4) is 11.6 Å². The molecule has 2 rings (SSSR count). The lowest BCUT2D eigenvalue weighted by molar-refractivity contribution is 0.459. The highest BCUT2D eigenvalue weighted by atomic mass is 79.9. The second kappa shape index (κ2) is 7.36. The third-order valence-electron chi connectivity index (χ3n) is 2.58. The predicted molar refractivity (Wildman–Crippen MR) is 82.8 cm³/mol. The number of ether oxygens (including phenoxy) is 1. The van der Waals surface area contributed by atoms with Crippen LogP contribution in [0.4, 0.5) is 0 Å². The van der Waals surface area contributed by atoms with Crippen molar-refractivity contribution in [1.29, 1.82) is 0 Å². The second-order valence-electron chi connectivity index (χ2n) is 4.97. The summed E-state index contributed by atoms with van der Waals surface area (Å²) >= 11 is 3.36. The molecule has 0 fully saturated rings. The molecular formula is C15H18BrN3O. The van der Waals surface area contributed by atoms with E-state index in [0.29, 0.717) is 17.5 Å². The third-order valence-corrected chi connectivity index (χ3v) is 3.02. The standard InChI is InChI=1S/C15H18BrN3O/c1-11(2)6-17-7-12-3-4-15(19-8-12)20-14-5-13(16)9-18-10-14/h3-5,8-11,17H,6-7H2,1-2H3. The van der Waals surface area contributed by atoms with Gasteiger partial charge in [0.1, 0.15) is 5.75 Å². The van der Waals surface area contributed by atoms with Gasteiger partial charge in [-0.1, -0.05) is 19.9 Å². The molecule has 0 unspecified atom stereocenters. The van der Waals surface area contributed by atoms with E-state index < -0.39 is 0 Å². The highest BCUT2D eigenvalue weighted by molar-refractivity contribution is 9.10. The Bertz CT molecular complexity index is 543. The van der Waals surface area contributed by atoms with Gasteiger partial charge in [-0.15, -0.1) is 0 Å². The Morgan fingerprint density at radius 1 is 1.25 bits per heavy atom. The normalized spacial score (nSPS) is 10.8. The monoisotopic (exact) mass is 335 g/mol. The van der Waals surface area contributed by atoms with Crippen molar-refractivity contribution >= 4 is 15.9 Å². The van der Waals surface area contributed by atoms with Gasteiger partial charge in [-0.25, -0.2) is 4.98 Å². The molecule has 0 bridgehead atoms. The summed E-state index contributed by atoms with van der Waals surface area (Å²) in [6.45, 7) is 6.20. The van der Waals surface area contributed by atoms with Crippen LogP contribution >= 0.6 is 15.9 Å². The second-order valence-corrected chi connectivity index (χ2v) is 5.89. The summed E-state index contributed by atoms with van der Waals surface area (Å²) < 4.78 is 6.51. The molecule has 0 aromatic carbocycles. The van der Waals surface area contributed by atoms with Gasteiger partial charge >= 0.3 is 0 Å². The Labute approximate surface area is 127 Å². The molecular weight excluding hydrogens is 318 g/mol. The molecule has 0 atom stereocenters. The zero-order valence-corrected chi connectivity index (χ0v) is 13.2. The van der Waals surface area contributed by atoms with Crippen LogP contribution in [0.1, 0.15) is 19.4 Å². The minimum Gasteiger partial charge on any atom is -0.437 e. The average molecular weight is 336 g/mol. The zero-order chi connectivity index (χ0) is 14.4. The van der Waals surface area contributed by atoms with Crippen molar-refractivity contribution in [3.05, 3.63) is 46.8 Å². The van der Waals surface area contributed by atoms with Gasteiger partial charge in [0.25, 0.3) is 0 Å². The quantitative estimate of drug-likeness (QED) is 0.872. The third kappa shape index (κ3) is 4.90. The van der Waals surface area contributed by atoms with Crippen LogP contribution < -0.4 is 10.1 Å². The number of hydrogen-bond acceptors (Lipinski definition) is 4. The van der Waals surface area contributed by atoms with Crippen LogP contribution in [0, 0.1) is 5.92 Å². The van der Waals surface area contributed by atoms with Crippen LogP contribution in [0.3, 0.4) is 0 Å². The van der Waals surface area contributed by atoms with Gasteiger partial charge in [0, 0.05) is 29.5 Å². The smallest absolute Gasteiger partial charge is 0.219 e. The molecule has 2 aromatic rings. The Kier molecular flexibility index (Phi) is 5.49. The maximum atomic E-state index is 5.63. The lowest BCUT2D eigenvalue weighted by atomic mass is 10.2. The maximum absolute atomic E-state index is 5.63. The minimum absolute atomic E-state index is 0.567. The molecule has 20 heavy (non-hydrogen) atoms. The minimum atomic E-state index is 0.567. The first-order valence-corrected chi connectivity index (χ1v) is 7.37. The van der Waals surface area contributed by atoms with E-state index in [1.807, 2.05) is 24.4 Å².